The molecule has 10 heteroatoms. The van der Waals surface area contributed by atoms with Gasteiger partial charge in [-0.2, -0.15) is 0 Å². The fourth-order valence-electron chi connectivity index (χ4n) is 2.28. The summed E-state index contributed by atoms with van der Waals surface area (Å²) in [7, 11) is 1.51. The minimum Gasteiger partial charge on any atom is -0.457 e. The fourth-order valence-corrected chi connectivity index (χ4v) is 2.28. The van der Waals surface area contributed by atoms with E-state index in [4.69, 9.17) is 9.47 Å². The lowest BCUT2D eigenvalue weighted by Crippen LogP contribution is -2.11. The van der Waals surface area contributed by atoms with E-state index in [0.29, 0.717) is 13.2 Å². The molecule has 0 saturated carbocycles. The second kappa shape index (κ2) is 9.25. The van der Waals surface area contributed by atoms with Gasteiger partial charge in [0.05, 0.1) is 27.6 Å². The van der Waals surface area contributed by atoms with Crippen LogP contribution >= 0.6 is 0 Å². The van der Waals surface area contributed by atoms with Crippen LogP contribution in [0.3, 0.4) is 0 Å². The standard InChI is InChI=1S/C17H17N3O7/c1-26-9-8-18-14-7-6-12(10-16(14)20(24)25)17(21)27-11-13-4-2-3-5-15(13)19(22)23/h2-7,10,18H,8-9,11H2,1H3. The monoisotopic (exact) mass is 375 g/mol. The summed E-state index contributed by atoms with van der Waals surface area (Å²) in [6.07, 6.45) is 0. The number of carbonyl (C=O) groups excluding carboxylic acids is 1. The number of hydrogen-bond donors (Lipinski definition) is 1. The third-order valence-electron chi connectivity index (χ3n) is 3.60. The van der Waals surface area contributed by atoms with Crippen molar-refractivity contribution in [3.05, 3.63) is 73.8 Å². The molecule has 0 aromatic heterocycles. The van der Waals surface area contributed by atoms with Gasteiger partial charge in [0, 0.05) is 25.8 Å². The minimum atomic E-state index is -0.820. The maximum atomic E-state index is 12.2. The zero-order chi connectivity index (χ0) is 19.8. The number of anilines is 1. The number of rotatable bonds is 9. The lowest BCUT2D eigenvalue weighted by atomic mass is 10.1. The van der Waals surface area contributed by atoms with Gasteiger partial charge in [-0.1, -0.05) is 12.1 Å². The molecule has 2 aromatic rings. The van der Waals surface area contributed by atoms with Crippen LogP contribution in [0.25, 0.3) is 0 Å². The molecule has 0 fully saturated rings. The summed E-state index contributed by atoms with van der Waals surface area (Å²) in [4.78, 5) is 33.2. The maximum absolute atomic E-state index is 12.2. The predicted molar refractivity (Wildman–Crippen MR) is 95.7 cm³/mol. The summed E-state index contributed by atoms with van der Waals surface area (Å²) in [5.41, 5.74) is -0.0201. The van der Waals surface area contributed by atoms with Crippen molar-refractivity contribution in [2.45, 2.75) is 6.61 Å². The maximum Gasteiger partial charge on any atom is 0.338 e. The highest BCUT2D eigenvalue weighted by atomic mass is 16.6. The molecule has 0 bridgehead atoms. The Bertz CT molecular complexity index is 854. The largest absolute Gasteiger partial charge is 0.457 e. The van der Waals surface area contributed by atoms with Crippen molar-refractivity contribution in [3.8, 4) is 0 Å². The molecule has 0 atom stereocenters. The first kappa shape index (κ1) is 19.8. The number of benzene rings is 2. The number of para-hydroxylation sites is 1. The second-order valence-corrected chi connectivity index (χ2v) is 5.37. The molecule has 0 radical (unpaired) electrons. The van der Waals surface area contributed by atoms with Crippen LogP contribution in [-0.4, -0.2) is 36.1 Å². The second-order valence-electron chi connectivity index (χ2n) is 5.37. The molecule has 0 saturated heterocycles. The zero-order valence-corrected chi connectivity index (χ0v) is 14.4. The van der Waals surface area contributed by atoms with E-state index < -0.39 is 15.8 Å². The molecule has 0 aliphatic carbocycles. The number of nitro benzene ring substituents is 2. The summed E-state index contributed by atoms with van der Waals surface area (Å²) in [5, 5.41) is 25.1. The van der Waals surface area contributed by atoms with Gasteiger partial charge in [-0.15, -0.1) is 0 Å². The van der Waals surface area contributed by atoms with Gasteiger partial charge in [-0.05, 0) is 18.2 Å². The summed E-state index contributed by atoms with van der Waals surface area (Å²) >= 11 is 0. The van der Waals surface area contributed by atoms with E-state index >= 15 is 0 Å². The Balaban J connectivity index is 2.13. The van der Waals surface area contributed by atoms with Crippen LogP contribution in [0.2, 0.25) is 0 Å². The lowest BCUT2D eigenvalue weighted by Gasteiger charge is -2.09. The molecule has 0 unspecified atom stereocenters. The summed E-state index contributed by atoms with van der Waals surface area (Å²) < 4.78 is 9.94. The molecule has 0 aliphatic heterocycles. The number of nitrogens with zero attached hydrogens (tertiary/aromatic N) is 2. The third-order valence-corrected chi connectivity index (χ3v) is 3.60. The van der Waals surface area contributed by atoms with Crippen molar-refractivity contribution in [1.82, 2.24) is 0 Å². The Morgan fingerprint density at radius 1 is 1.07 bits per heavy atom. The Morgan fingerprint density at radius 3 is 2.44 bits per heavy atom. The third kappa shape index (κ3) is 5.22. The predicted octanol–water partition coefficient (Wildman–Crippen LogP) is 2.92. The quantitative estimate of drug-likeness (QED) is 0.306. The Morgan fingerprint density at radius 2 is 1.78 bits per heavy atom. The normalized spacial score (nSPS) is 10.3. The highest BCUT2D eigenvalue weighted by Crippen LogP contribution is 2.26. The first-order valence-electron chi connectivity index (χ1n) is 7.84. The van der Waals surface area contributed by atoms with Crippen LogP contribution in [0.15, 0.2) is 42.5 Å². The van der Waals surface area contributed by atoms with E-state index in [-0.39, 0.29) is 34.8 Å². The molecule has 0 amide bonds. The average molecular weight is 375 g/mol. The van der Waals surface area contributed by atoms with Crippen LogP contribution in [0.5, 0.6) is 0 Å². The lowest BCUT2D eigenvalue weighted by molar-refractivity contribution is -0.385. The van der Waals surface area contributed by atoms with Crippen molar-refractivity contribution in [2.75, 3.05) is 25.6 Å². The zero-order valence-electron chi connectivity index (χ0n) is 14.4. The number of carbonyl (C=O) groups is 1. The van der Waals surface area contributed by atoms with Gasteiger partial charge in [0.25, 0.3) is 11.4 Å². The van der Waals surface area contributed by atoms with Gasteiger partial charge in [0.15, 0.2) is 0 Å². The van der Waals surface area contributed by atoms with E-state index in [1.807, 2.05) is 0 Å². The number of nitrogens with one attached hydrogen (secondary N) is 1. The molecular formula is C17H17N3O7. The van der Waals surface area contributed by atoms with Crippen LogP contribution < -0.4 is 5.32 Å². The van der Waals surface area contributed by atoms with Crippen LogP contribution in [0, 0.1) is 20.2 Å². The van der Waals surface area contributed by atoms with Crippen LogP contribution in [0.4, 0.5) is 17.1 Å². The van der Waals surface area contributed by atoms with Gasteiger partial charge >= 0.3 is 5.97 Å². The van der Waals surface area contributed by atoms with E-state index in [1.165, 1.54) is 37.4 Å². The molecule has 142 valence electrons. The SMILES string of the molecule is COCCNc1ccc(C(=O)OCc2ccccc2[N+](=O)[O-])cc1[N+](=O)[O-]. The Labute approximate surface area is 154 Å². The van der Waals surface area contributed by atoms with E-state index in [9.17, 15) is 25.0 Å². The fraction of sp³-hybridized carbons (Fsp3) is 0.235. The number of esters is 1. The van der Waals surface area contributed by atoms with Gasteiger partial charge in [0.2, 0.25) is 0 Å². The Hall–Kier alpha value is -3.53. The molecule has 10 nitrogen and oxygen atoms in total. The average Bonchev–Trinajstić information content (AvgIpc) is 2.66. The number of ether oxygens (including phenoxy) is 2. The first-order valence-corrected chi connectivity index (χ1v) is 7.84. The van der Waals surface area contributed by atoms with Gasteiger partial charge in [0.1, 0.15) is 12.3 Å². The number of nitro groups is 2. The van der Waals surface area contributed by atoms with Crippen LogP contribution in [0.1, 0.15) is 15.9 Å². The van der Waals surface area contributed by atoms with E-state index in [2.05, 4.69) is 5.32 Å². The highest BCUT2D eigenvalue weighted by Gasteiger charge is 2.19. The molecule has 1 N–H and O–H groups in total. The topological polar surface area (TPSA) is 134 Å². The molecule has 0 heterocycles. The highest BCUT2D eigenvalue weighted by molar-refractivity contribution is 5.91. The van der Waals surface area contributed by atoms with Crippen molar-refractivity contribution in [3.63, 3.8) is 0 Å². The summed E-state index contributed by atoms with van der Waals surface area (Å²) in [6, 6.07) is 9.73. The molecule has 0 aliphatic rings. The van der Waals surface area contributed by atoms with Crippen molar-refractivity contribution in [1.29, 1.82) is 0 Å². The van der Waals surface area contributed by atoms with Gasteiger partial charge < -0.3 is 14.8 Å². The minimum absolute atomic E-state index is 0.0300. The van der Waals surface area contributed by atoms with Crippen LogP contribution in [-0.2, 0) is 16.1 Å². The molecule has 27 heavy (non-hydrogen) atoms. The van der Waals surface area contributed by atoms with Crippen molar-refractivity contribution >= 4 is 23.0 Å². The summed E-state index contributed by atoms with van der Waals surface area (Å²) in [6.45, 7) is 0.396. The van der Waals surface area contributed by atoms with Gasteiger partial charge in [-0.3, -0.25) is 20.2 Å². The Kier molecular flexibility index (Phi) is 6.78. The molecule has 0 spiro atoms. The van der Waals surface area contributed by atoms with E-state index in [0.717, 1.165) is 6.07 Å². The van der Waals surface area contributed by atoms with Gasteiger partial charge in [-0.25, -0.2) is 4.79 Å². The van der Waals surface area contributed by atoms with Crippen molar-refractivity contribution < 1.29 is 24.1 Å². The number of methoxy groups -OCH3 is 1. The van der Waals surface area contributed by atoms with Crippen molar-refractivity contribution in [2.24, 2.45) is 0 Å². The van der Waals surface area contributed by atoms with E-state index in [1.54, 1.807) is 6.07 Å². The molecule has 2 rings (SSSR count). The first-order chi connectivity index (χ1) is 12.9. The number of hydrogen-bond acceptors (Lipinski definition) is 8. The molecule has 2 aromatic carbocycles. The molecular weight excluding hydrogens is 358 g/mol. The smallest absolute Gasteiger partial charge is 0.338 e. The summed E-state index contributed by atoms with van der Waals surface area (Å²) in [5.74, 6) is -0.820.